The van der Waals surface area contributed by atoms with E-state index in [4.69, 9.17) is 0 Å². The average Bonchev–Trinajstić information content (AvgIpc) is 3.37. The molecule has 3 amide bonds. The summed E-state index contributed by atoms with van der Waals surface area (Å²) in [5.41, 5.74) is -0.647. The second-order valence-corrected chi connectivity index (χ2v) is 10.00. The number of benzene rings is 1. The van der Waals surface area contributed by atoms with Crippen molar-refractivity contribution in [2.75, 3.05) is 34.2 Å². The van der Waals surface area contributed by atoms with Crippen LogP contribution in [0.15, 0.2) is 29.1 Å². The molecular formula is C26H33FN6O5. The zero-order valence-corrected chi connectivity index (χ0v) is 21.8. The fraction of sp³-hybridized carbons (Fsp3) is 0.500. The third-order valence-corrected chi connectivity index (χ3v) is 7.29. The Morgan fingerprint density at radius 1 is 1.08 bits per heavy atom. The second-order valence-electron chi connectivity index (χ2n) is 10.00. The molecule has 1 aromatic carbocycles. The number of carbonyl (C=O) groups excluding carboxylic acids is 3. The van der Waals surface area contributed by atoms with Gasteiger partial charge in [0.1, 0.15) is 17.7 Å². The molecule has 38 heavy (non-hydrogen) atoms. The SMILES string of the molecule is CN(C)C(=O)C(=O)N(C)C1CN(C2CCCC2)CCn2c1nc(C(=O)NCc1ccc(F)cc1)c(O)c2=O. The van der Waals surface area contributed by atoms with Crippen molar-refractivity contribution >= 4 is 17.7 Å². The first-order valence-electron chi connectivity index (χ1n) is 12.7. The molecule has 0 spiro atoms. The van der Waals surface area contributed by atoms with Gasteiger partial charge in [-0.3, -0.25) is 28.6 Å². The summed E-state index contributed by atoms with van der Waals surface area (Å²) in [5, 5.41) is 13.3. The molecule has 1 atom stereocenters. The van der Waals surface area contributed by atoms with Crippen LogP contribution in [0.3, 0.4) is 0 Å². The minimum atomic E-state index is -0.813. The molecule has 204 valence electrons. The summed E-state index contributed by atoms with van der Waals surface area (Å²) in [7, 11) is 4.43. The summed E-state index contributed by atoms with van der Waals surface area (Å²) in [6, 6.07) is 4.98. The van der Waals surface area contributed by atoms with E-state index in [0.29, 0.717) is 18.7 Å². The van der Waals surface area contributed by atoms with Gasteiger partial charge in [-0.05, 0) is 30.5 Å². The molecule has 0 radical (unpaired) electrons. The zero-order valence-electron chi connectivity index (χ0n) is 21.8. The molecule has 2 aromatic rings. The lowest BCUT2D eigenvalue weighted by atomic mass is 10.1. The number of aromatic nitrogens is 2. The van der Waals surface area contributed by atoms with Gasteiger partial charge in [-0.25, -0.2) is 9.37 Å². The van der Waals surface area contributed by atoms with Crippen LogP contribution in [0.4, 0.5) is 4.39 Å². The topological polar surface area (TPSA) is 128 Å². The molecule has 0 bridgehead atoms. The Balaban J connectivity index is 1.70. The van der Waals surface area contributed by atoms with Gasteiger partial charge in [-0.2, -0.15) is 0 Å². The van der Waals surface area contributed by atoms with Crippen LogP contribution in [0.1, 0.15) is 53.6 Å². The van der Waals surface area contributed by atoms with Crippen LogP contribution < -0.4 is 10.9 Å². The first-order valence-corrected chi connectivity index (χ1v) is 12.7. The lowest BCUT2D eigenvalue weighted by Gasteiger charge is -2.33. The molecule has 1 aromatic heterocycles. The Morgan fingerprint density at radius 2 is 1.74 bits per heavy atom. The van der Waals surface area contributed by atoms with Crippen molar-refractivity contribution in [2.45, 2.75) is 50.9 Å². The number of carbonyl (C=O) groups is 3. The molecule has 1 aliphatic carbocycles. The van der Waals surface area contributed by atoms with Crippen LogP contribution in [0.2, 0.25) is 0 Å². The molecule has 0 saturated heterocycles. The normalized spacial score (nSPS) is 17.9. The minimum absolute atomic E-state index is 0.0211. The number of hydrogen-bond donors (Lipinski definition) is 2. The smallest absolute Gasteiger partial charge is 0.312 e. The summed E-state index contributed by atoms with van der Waals surface area (Å²) in [4.78, 5) is 60.8. The zero-order chi connectivity index (χ0) is 27.6. The van der Waals surface area contributed by atoms with Crippen LogP contribution in [0.5, 0.6) is 5.75 Å². The van der Waals surface area contributed by atoms with Gasteiger partial charge in [0.2, 0.25) is 5.75 Å². The summed E-state index contributed by atoms with van der Waals surface area (Å²) >= 11 is 0. The van der Waals surface area contributed by atoms with Gasteiger partial charge in [-0.15, -0.1) is 0 Å². The minimum Gasteiger partial charge on any atom is -0.501 e. The van der Waals surface area contributed by atoms with Crippen LogP contribution in [0, 0.1) is 5.82 Å². The Morgan fingerprint density at radius 3 is 2.37 bits per heavy atom. The van der Waals surface area contributed by atoms with E-state index in [1.54, 1.807) is 0 Å². The van der Waals surface area contributed by atoms with Crippen molar-refractivity contribution in [3.8, 4) is 5.75 Å². The third-order valence-electron chi connectivity index (χ3n) is 7.29. The van der Waals surface area contributed by atoms with E-state index >= 15 is 0 Å². The Hall–Kier alpha value is -3.80. The molecule has 2 heterocycles. The largest absolute Gasteiger partial charge is 0.501 e. The fourth-order valence-corrected chi connectivity index (χ4v) is 5.06. The van der Waals surface area contributed by atoms with Crippen molar-refractivity contribution in [2.24, 2.45) is 0 Å². The number of likely N-dealkylation sites (N-methyl/N-ethyl adjacent to an activating group) is 2. The number of fused-ring (bicyclic) bond motifs is 1. The Bertz CT molecular complexity index is 1270. The summed E-state index contributed by atoms with van der Waals surface area (Å²) in [5.74, 6) is -3.37. The van der Waals surface area contributed by atoms with Crippen LogP contribution in [-0.2, 0) is 22.7 Å². The van der Waals surface area contributed by atoms with Gasteiger partial charge in [-0.1, -0.05) is 25.0 Å². The van der Waals surface area contributed by atoms with Crippen LogP contribution in [-0.4, -0.2) is 87.4 Å². The molecule has 2 aliphatic rings. The number of hydrogen-bond acceptors (Lipinski definition) is 7. The molecule has 1 unspecified atom stereocenters. The van der Waals surface area contributed by atoms with Crippen LogP contribution in [0.25, 0.3) is 0 Å². The van der Waals surface area contributed by atoms with E-state index in [2.05, 4.69) is 15.2 Å². The predicted molar refractivity (Wildman–Crippen MR) is 136 cm³/mol. The summed E-state index contributed by atoms with van der Waals surface area (Å²) in [6.07, 6.45) is 4.15. The third kappa shape index (κ3) is 5.54. The predicted octanol–water partition coefficient (Wildman–Crippen LogP) is 0.864. The van der Waals surface area contributed by atoms with Crippen molar-refractivity contribution in [1.82, 2.24) is 29.6 Å². The van der Waals surface area contributed by atoms with Gasteiger partial charge in [0.25, 0.3) is 11.5 Å². The highest BCUT2D eigenvalue weighted by Gasteiger charge is 2.37. The highest BCUT2D eigenvalue weighted by molar-refractivity contribution is 6.34. The van der Waals surface area contributed by atoms with E-state index < -0.39 is 46.6 Å². The van der Waals surface area contributed by atoms with E-state index in [0.717, 1.165) is 25.7 Å². The van der Waals surface area contributed by atoms with Crippen molar-refractivity contribution in [3.63, 3.8) is 0 Å². The molecule has 1 aliphatic heterocycles. The van der Waals surface area contributed by atoms with Gasteiger partial charge >= 0.3 is 11.8 Å². The standard InChI is InChI=1S/C26H33FN6O5/c1-30(2)25(37)26(38)31(3)19-15-32(18-6-4-5-7-18)12-13-33-22(19)29-20(21(34)24(33)36)23(35)28-14-16-8-10-17(27)11-9-16/h8-11,18-19,34H,4-7,12-15H2,1-3H3,(H,28,35). The molecule has 1 fully saturated rings. The average molecular weight is 529 g/mol. The quantitative estimate of drug-likeness (QED) is 0.551. The maximum Gasteiger partial charge on any atom is 0.312 e. The van der Waals surface area contributed by atoms with E-state index in [1.165, 1.54) is 59.8 Å². The van der Waals surface area contributed by atoms with Crippen molar-refractivity contribution < 1.29 is 23.9 Å². The maximum absolute atomic E-state index is 13.3. The summed E-state index contributed by atoms with van der Waals surface area (Å²) < 4.78 is 14.5. The number of aromatic hydroxyl groups is 1. The van der Waals surface area contributed by atoms with Gasteiger partial charge in [0, 0.05) is 53.4 Å². The number of halogens is 1. The maximum atomic E-state index is 13.3. The lowest BCUT2D eigenvalue weighted by molar-refractivity contribution is -0.151. The van der Waals surface area contributed by atoms with E-state index in [9.17, 15) is 28.7 Å². The highest BCUT2D eigenvalue weighted by Crippen LogP contribution is 2.30. The van der Waals surface area contributed by atoms with E-state index in [1.807, 2.05) is 0 Å². The molecule has 11 nitrogen and oxygen atoms in total. The van der Waals surface area contributed by atoms with Gasteiger partial charge < -0.3 is 20.2 Å². The highest BCUT2D eigenvalue weighted by atomic mass is 19.1. The molecule has 1 saturated carbocycles. The fourth-order valence-electron chi connectivity index (χ4n) is 5.06. The molecule has 4 rings (SSSR count). The molecule has 2 N–H and O–H groups in total. The van der Waals surface area contributed by atoms with E-state index in [-0.39, 0.29) is 25.0 Å². The number of rotatable bonds is 5. The lowest BCUT2D eigenvalue weighted by Crippen LogP contribution is -2.47. The number of nitrogens with one attached hydrogen (secondary N) is 1. The second kappa shape index (κ2) is 11.3. The number of nitrogens with zero attached hydrogens (tertiary/aromatic N) is 5. The summed E-state index contributed by atoms with van der Waals surface area (Å²) in [6.45, 7) is 1.05. The Labute approximate surface area is 219 Å². The van der Waals surface area contributed by atoms with Gasteiger partial charge in [0.05, 0.1) is 0 Å². The van der Waals surface area contributed by atoms with Crippen molar-refractivity contribution in [3.05, 3.63) is 57.5 Å². The number of amides is 3. The monoisotopic (exact) mass is 528 g/mol. The van der Waals surface area contributed by atoms with Crippen molar-refractivity contribution in [1.29, 1.82) is 0 Å². The first kappa shape index (κ1) is 27.2. The molecular weight excluding hydrogens is 495 g/mol. The Kier molecular flexibility index (Phi) is 8.10. The van der Waals surface area contributed by atoms with Gasteiger partial charge in [0.15, 0.2) is 5.69 Å². The first-order chi connectivity index (χ1) is 18.1. The molecule has 12 heteroatoms. The van der Waals surface area contributed by atoms with Crippen LogP contribution >= 0.6 is 0 Å².